The van der Waals surface area contributed by atoms with Crippen LogP contribution in [0.5, 0.6) is 0 Å². The van der Waals surface area contributed by atoms with Crippen LogP contribution in [0.4, 0.5) is 5.69 Å². The second kappa shape index (κ2) is 9.23. The Morgan fingerprint density at radius 2 is 1.46 bits per heavy atom. The molecule has 35 heavy (non-hydrogen) atoms. The Labute approximate surface area is 203 Å². The highest BCUT2D eigenvalue weighted by atomic mass is 16.1. The van der Waals surface area contributed by atoms with Crippen molar-refractivity contribution < 1.29 is 9.59 Å². The first-order valence-electron chi connectivity index (χ1n) is 11.3. The minimum absolute atomic E-state index is 0.112. The summed E-state index contributed by atoms with van der Waals surface area (Å²) < 4.78 is 0. The molecular weight excluding hydrogens is 434 g/mol. The smallest absolute Gasteiger partial charge is 0.255 e. The van der Waals surface area contributed by atoms with Crippen molar-refractivity contribution in [3.8, 4) is 11.4 Å². The van der Waals surface area contributed by atoms with Gasteiger partial charge in [-0.15, -0.1) is 0 Å². The lowest BCUT2D eigenvalue weighted by molar-refractivity contribution is 0.102. The molecule has 1 aromatic heterocycles. The van der Waals surface area contributed by atoms with Crippen molar-refractivity contribution in [1.29, 1.82) is 0 Å². The van der Waals surface area contributed by atoms with Gasteiger partial charge in [0.15, 0.2) is 5.78 Å². The number of carbonyl (C=O) groups is 2. The van der Waals surface area contributed by atoms with Gasteiger partial charge in [0, 0.05) is 28.0 Å². The lowest BCUT2D eigenvalue weighted by atomic mass is 9.97. The second-order valence-corrected chi connectivity index (χ2v) is 8.39. The molecule has 0 spiro atoms. The van der Waals surface area contributed by atoms with E-state index in [0.29, 0.717) is 22.5 Å². The van der Waals surface area contributed by atoms with E-state index in [1.165, 1.54) is 0 Å². The maximum absolute atomic E-state index is 12.9. The number of aromatic amines is 1. The minimum Gasteiger partial charge on any atom is -0.338 e. The molecule has 5 heteroatoms. The van der Waals surface area contributed by atoms with E-state index in [1.807, 2.05) is 79.7 Å². The molecule has 0 aliphatic heterocycles. The minimum atomic E-state index is -0.189. The Kier molecular flexibility index (Phi) is 5.81. The summed E-state index contributed by atoms with van der Waals surface area (Å²) in [5, 5.41) is 2.89. The summed E-state index contributed by atoms with van der Waals surface area (Å²) in [7, 11) is 0. The number of Topliss-reactive ketones (excluding diaryl/α,β-unsaturated/α-hetero) is 1. The molecule has 0 aliphatic rings. The number of hydrogen-bond acceptors (Lipinski definition) is 3. The van der Waals surface area contributed by atoms with E-state index in [4.69, 9.17) is 0 Å². The van der Waals surface area contributed by atoms with Crippen molar-refractivity contribution in [3.05, 3.63) is 126 Å². The largest absolute Gasteiger partial charge is 0.338 e. The summed E-state index contributed by atoms with van der Waals surface area (Å²) in [6.45, 7) is 5.99. The average Bonchev–Trinajstić information content (AvgIpc) is 3.32. The molecule has 0 saturated carbocycles. The number of aryl methyl sites for hydroxylation is 1. The molecule has 1 heterocycles. The average molecular weight is 458 g/mol. The fraction of sp³-hybridized carbons (Fsp3) is 0.0333. The van der Waals surface area contributed by atoms with Crippen molar-refractivity contribution in [2.75, 3.05) is 5.32 Å². The van der Waals surface area contributed by atoms with E-state index in [1.54, 1.807) is 24.3 Å². The quantitative estimate of drug-likeness (QED) is 0.220. The number of benzene rings is 4. The van der Waals surface area contributed by atoms with Crippen LogP contribution in [0.25, 0.3) is 28.0 Å². The Morgan fingerprint density at radius 3 is 2.17 bits per heavy atom. The van der Waals surface area contributed by atoms with Crippen LogP contribution in [-0.2, 0) is 0 Å². The van der Waals surface area contributed by atoms with Crippen LogP contribution in [-0.4, -0.2) is 21.7 Å². The van der Waals surface area contributed by atoms with Gasteiger partial charge in [0.1, 0.15) is 5.82 Å². The monoisotopic (exact) mass is 457 g/mol. The van der Waals surface area contributed by atoms with Gasteiger partial charge in [0.05, 0.1) is 11.0 Å². The first kappa shape index (κ1) is 22.0. The van der Waals surface area contributed by atoms with Crippen LogP contribution in [0.15, 0.2) is 104 Å². The number of para-hydroxylation sites is 1. The van der Waals surface area contributed by atoms with Crippen LogP contribution < -0.4 is 5.32 Å². The standard InChI is InChI=1S/C30H23N3O2/c1-19-8-10-21(11-9-19)20(2)28(34)22-12-14-23(15-13-22)29-32-26-17-16-24(18-27(26)33-29)30(35)31-25-6-4-3-5-7-25/h3-18H,2H2,1H3,(H,31,35)(H,32,33). The summed E-state index contributed by atoms with van der Waals surface area (Å²) in [5.74, 6) is 0.363. The van der Waals surface area contributed by atoms with Gasteiger partial charge in [-0.3, -0.25) is 9.59 Å². The highest BCUT2D eigenvalue weighted by Crippen LogP contribution is 2.24. The number of nitrogens with one attached hydrogen (secondary N) is 2. The highest BCUT2D eigenvalue weighted by molar-refractivity contribution is 6.28. The fourth-order valence-electron chi connectivity index (χ4n) is 3.85. The summed E-state index contributed by atoms with van der Waals surface area (Å²) in [5.41, 5.74) is 6.60. The van der Waals surface area contributed by atoms with Crippen LogP contribution in [0.3, 0.4) is 0 Å². The van der Waals surface area contributed by atoms with E-state index in [2.05, 4.69) is 21.9 Å². The Balaban J connectivity index is 1.34. The number of hydrogen-bond donors (Lipinski definition) is 2. The number of rotatable bonds is 6. The second-order valence-electron chi connectivity index (χ2n) is 8.39. The zero-order valence-corrected chi connectivity index (χ0v) is 19.2. The molecule has 5 rings (SSSR count). The number of ketones is 1. The molecule has 0 aliphatic carbocycles. The van der Waals surface area contributed by atoms with Crippen LogP contribution in [0.2, 0.25) is 0 Å². The molecule has 1 amide bonds. The van der Waals surface area contributed by atoms with E-state index in [-0.39, 0.29) is 11.7 Å². The number of anilines is 1. The van der Waals surface area contributed by atoms with Gasteiger partial charge in [0.25, 0.3) is 5.91 Å². The maximum Gasteiger partial charge on any atom is 0.255 e. The van der Waals surface area contributed by atoms with Gasteiger partial charge in [-0.05, 0) is 42.8 Å². The molecule has 0 saturated heterocycles. The van der Waals surface area contributed by atoms with Crippen molar-refractivity contribution in [3.63, 3.8) is 0 Å². The Bertz CT molecular complexity index is 1550. The number of nitrogens with zero attached hydrogens (tertiary/aromatic N) is 1. The number of imidazole rings is 1. The van der Waals surface area contributed by atoms with Crippen molar-refractivity contribution in [2.24, 2.45) is 0 Å². The zero-order chi connectivity index (χ0) is 24.4. The Morgan fingerprint density at radius 1 is 0.800 bits per heavy atom. The van der Waals surface area contributed by atoms with Crippen LogP contribution in [0.1, 0.15) is 31.8 Å². The molecular formula is C30H23N3O2. The van der Waals surface area contributed by atoms with E-state index in [9.17, 15) is 9.59 Å². The molecule has 5 aromatic rings. The summed E-state index contributed by atoms with van der Waals surface area (Å²) in [6, 6.07) is 29.7. The summed E-state index contributed by atoms with van der Waals surface area (Å²) in [4.78, 5) is 33.4. The van der Waals surface area contributed by atoms with E-state index >= 15 is 0 Å². The lowest BCUT2D eigenvalue weighted by Crippen LogP contribution is -2.11. The van der Waals surface area contributed by atoms with Gasteiger partial charge < -0.3 is 10.3 Å². The number of fused-ring (bicyclic) bond motifs is 1. The predicted octanol–water partition coefficient (Wildman–Crippen LogP) is 6.69. The van der Waals surface area contributed by atoms with Gasteiger partial charge >= 0.3 is 0 Å². The third-order valence-electron chi connectivity index (χ3n) is 5.87. The number of allylic oxidation sites excluding steroid dienone is 1. The topological polar surface area (TPSA) is 74.8 Å². The van der Waals surface area contributed by atoms with E-state index in [0.717, 1.165) is 33.4 Å². The van der Waals surface area contributed by atoms with Gasteiger partial charge in [-0.25, -0.2) is 4.98 Å². The van der Waals surface area contributed by atoms with Crippen LogP contribution in [0, 0.1) is 6.92 Å². The maximum atomic E-state index is 12.9. The molecule has 0 radical (unpaired) electrons. The van der Waals surface area contributed by atoms with Gasteiger partial charge in [0.2, 0.25) is 0 Å². The first-order chi connectivity index (χ1) is 17.0. The molecule has 0 bridgehead atoms. The van der Waals surface area contributed by atoms with E-state index < -0.39 is 0 Å². The molecule has 170 valence electrons. The number of H-pyrrole nitrogens is 1. The van der Waals surface area contributed by atoms with Gasteiger partial charge in [-0.1, -0.05) is 78.9 Å². The molecule has 5 nitrogen and oxygen atoms in total. The molecule has 4 aromatic carbocycles. The van der Waals surface area contributed by atoms with Crippen molar-refractivity contribution >= 4 is 34.0 Å². The van der Waals surface area contributed by atoms with Crippen molar-refractivity contribution in [1.82, 2.24) is 9.97 Å². The van der Waals surface area contributed by atoms with Crippen LogP contribution >= 0.6 is 0 Å². The third-order valence-corrected chi connectivity index (χ3v) is 5.87. The zero-order valence-electron chi connectivity index (χ0n) is 19.2. The van der Waals surface area contributed by atoms with Crippen molar-refractivity contribution in [2.45, 2.75) is 6.92 Å². The number of aromatic nitrogens is 2. The Hall–Kier alpha value is -4.77. The normalized spacial score (nSPS) is 10.8. The highest BCUT2D eigenvalue weighted by Gasteiger charge is 2.14. The summed E-state index contributed by atoms with van der Waals surface area (Å²) in [6.07, 6.45) is 0. The SMILES string of the molecule is C=C(C(=O)c1ccc(-c2nc3ccc(C(=O)Nc4ccccc4)cc3[nH]2)cc1)c1ccc(C)cc1. The molecule has 0 atom stereocenters. The number of carbonyl (C=O) groups excluding carboxylic acids is 2. The molecule has 0 unspecified atom stereocenters. The fourth-order valence-corrected chi connectivity index (χ4v) is 3.85. The molecule has 0 fully saturated rings. The third kappa shape index (κ3) is 4.66. The van der Waals surface area contributed by atoms with Gasteiger partial charge in [-0.2, -0.15) is 0 Å². The lowest BCUT2D eigenvalue weighted by Gasteiger charge is -2.06. The molecule has 2 N–H and O–H groups in total. The predicted molar refractivity (Wildman–Crippen MR) is 140 cm³/mol. The first-order valence-corrected chi connectivity index (χ1v) is 11.3. The number of amides is 1. The summed E-state index contributed by atoms with van der Waals surface area (Å²) >= 11 is 0.